The first-order chi connectivity index (χ1) is 8.75. The summed E-state index contributed by atoms with van der Waals surface area (Å²) in [5.41, 5.74) is 2.37. The summed E-state index contributed by atoms with van der Waals surface area (Å²) < 4.78 is 6.99. The highest BCUT2D eigenvalue weighted by Gasteiger charge is 2.30. The number of rotatable bonds is 2. The fourth-order valence-corrected chi connectivity index (χ4v) is 2.09. The van der Waals surface area contributed by atoms with Gasteiger partial charge in [-0.15, -0.1) is 0 Å². The van der Waals surface area contributed by atoms with Gasteiger partial charge in [0.15, 0.2) is 0 Å². The summed E-state index contributed by atoms with van der Waals surface area (Å²) in [6, 6.07) is 9.61. The van der Waals surface area contributed by atoms with Gasteiger partial charge in [0.1, 0.15) is 5.92 Å². The normalized spacial score (nSPS) is 18.3. The Balaban J connectivity index is 2.04. The van der Waals surface area contributed by atoms with Crippen LogP contribution < -0.4 is 0 Å². The molecule has 3 rings (SSSR count). The van der Waals surface area contributed by atoms with E-state index < -0.39 is 11.9 Å². The molecule has 2 heterocycles. The molecule has 1 aromatic carbocycles. The zero-order chi connectivity index (χ0) is 12.5. The van der Waals surface area contributed by atoms with Crippen LogP contribution >= 0.6 is 0 Å². The molecule has 0 radical (unpaired) electrons. The van der Waals surface area contributed by atoms with Crippen molar-refractivity contribution in [3.8, 4) is 5.69 Å². The Morgan fingerprint density at radius 1 is 1.39 bits per heavy atom. The van der Waals surface area contributed by atoms with Gasteiger partial charge >= 0.3 is 5.97 Å². The van der Waals surface area contributed by atoms with Gasteiger partial charge in [-0.25, -0.2) is 4.68 Å². The molecule has 92 valence electrons. The first-order valence-corrected chi connectivity index (χ1v) is 5.70. The lowest BCUT2D eigenvalue weighted by Gasteiger charge is -2.17. The highest BCUT2D eigenvalue weighted by atomic mass is 16.5. The van der Waals surface area contributed by atoms with Gasteiger partial charge in [-0.05, 0) is 12.1 Å². The van der Waals surface area contributed by atoms with Gasteiger partial charge in [0, 0.05) is 11.8 Å². The van der Waals surface area contributed by atoms with Crippen LogP contribution in [-0.2, 0) is 16.1 Å². The summed E-state index contributed by atoms with van der Waals surface area (Å²) in [6.07, 6.45) is 1.83. The molecule has 0 saturated heterocycles. The molecule has 2 aromatic rings. The molecular formula is C13H12N2O3. The molecule has 5 heteroatoms. The summed E-state index contributed by atoms with van der Waals surface area (Å²) >= 11 is 0. The van der Waals surface area contributed by atoms with E-state index in [1.54, 1.807) is 4.68 Å². The van der Waals surface area contributed by atoms with Crippen LogP contribution in [0.2, 0.25) is 0 Å². The van der Waals surface area contributed by atoms with Gasteiger partial charge in [0.05, 0.1) is 24.6 Å². The van der Waals surface area contributed by atoms with Crippen molar-refractivity contribution in [2.45, 2.75) is 12.5 Å². The average molecular weight is 244 g/mol. The van der Waals surface area contributed by atoms with E-state index in [4.69, 9.17) is 9.84 Å². The van der Waals surface area contributed by atoms with Gasteiger partial charge in [-0.1, -0.05) is 18.2 Å². The van der Waals surface area contributed by atoms with Crippen LogP contribution in [0, 0.1) is 0 Å². The van der Waals surface area contributed by atoms with Gasteiger partial charge in [0.25, 0.3) is 0 Å². The minimum absolute atomic E-state index is 0.189. The largest absolute Gasteiger partial charge is 0.481 e. The van der Waals surface area contributed by atoms with Crippen LogP contribution in [0.25, 0.3) is 5.69 Å². The third kappa shape index (κ3) is 1.78. The maximum atomic E-state index is 11.1. The molecule has 1 atom stereocenters. The number of nitrogens with zero attached hydrogens (tertiary/aromatic N) is 2. The van der Waals surface area contributed by atoms with Crippen molar-refractivity contribution < 1.29 is 14.6 Å². The molecular weight excluding hydrogens is 232 g/mol. The molecule has 1 aliphatic heterocycles. The molecule has 1 N–H and O–H groups in total. The second-order valence-corrected chi connectivity index (χ2v) is 4.23. The number of carboxylic acids is 1. The van der Waals surface area contributed by atoms with Gasteiger partial charge < -0.3 is 9.84 Å². The van der Waals surface area contributed by atoms with Crippen molar-refractivity contribution in [3.63, 3.8) is 0 Å². The molecule has 5 nitrogen and oxygen atoms in total. The minimum Gasteiger partial charge on any atom is -0.481 e. The predicted octanol–water partition coefficient (Wildman–Crippen LogP) is 1.57. The van der Waals surface area contributed by atoms with E-state index in [9.17, 15) is 4.79 Å². The van der Waals surface area contributed by atoms with Crippen molar-refractivity contribution in [1.29, 1.82) is 0 Å². The molecule has 0 aliphatic carbocycles. The summed E-state index contributed by atoms with van der Waals surface area (Å²) in [5.74, 6) is -1.56. The molecule has 0 spiro atoms. The molecule has 0 fully saturated rings. The van der Waals surface area contributed by atoms with Gasteiger partial charge in [-0.2, -0.15) is 5.10 Å². The number of hydrogen-bond acceptors (Lipinski definition) is 3. The van der Waals surface area contributed by atoms with Crippen molar-refractivity contribution in [2.24, 2.45) is 0 Å². The number of aliphatic carboxylic acids is 1. The lowest BCUT2D eigenvalue weighted by Crippen LogP contribution is -2.23. The van der Waals surface area contributed by atoms with E-state index >= 15 is 0 Å². The number of carbonyl (C=O) groups is 1. The fraction of sp³-hybridized carbons (Fsp3) is 0.231. The average Bonchev–Trinajstić information content (AvgIpc) is 2.83. The maximum Gasteiger partial charge on any atom is 0.315 e. The Hall–Kier alpha value is -2.14. The summed E-state index contributed by atoms with van der Waals surface area (Å²) in [6.45, 7) is 0.611. The second kappa shape index (κ2) is 4.27. The number of hydrogen-bond donors (Lipinski definition) is 1. The van der Waals surface area contributed by atoms with E-state index in [-0.39, 0.29) is 6.61 Å². The highest BCUT2D eigenvalue weighted by molar-refractivity contribution is 5.76. The minimum atomic E-state index is -0.894. The van der Waals surface area contributed by atoms with Crippen molar-refractivity contribution in [2.75, 3.05) is 6.61 Å². The Kier molecular flexibility index (Phi) is 2.60. The van der Waals surface area contributed by atoms with Crippen molar-refractivity contribution in [3.05, 3.63) is 47.8 Å². The monoisotopic (exact) mass is 244 g/mol. The molecule has 1 aromatic heterocycles. The van der Waals surface area contributed by atoms with Crippen LogP contribution in [0.5, 0.6) is 0 Å². The topological polar surface area (TPSA) is 64.3 Å². The van der Waals surface area contributed by atoms with E-state index in [1.165, 1.54) is 0 Å². The summed E-state index contributed by atoms with van der Waals surface area (Å²) in [7, 11) is 0. The molecule has 18 heavy (non-hydrogen) atoms. The lowest BCUT2D eigenvalue weighted by molar-refractivity contribution is -0.141. The predicted molar refractivity (Wildman–Crippen MR) is 63.6 cm³/mol. The van der Waals surface area contributed by atoms with Crippen LogP contribution in [0.15, 0.2) is 36.5 Å². The van der Waals surface area contributed by atoms with E-state index in [2.05, 4.69) is 5.10 Å². The quantitative estimate of drug-likeness (QED) is 0.870. The standard InChI is InChI=1S/C13H12N2O3/c16-13(17)11-8-18-7-9-6-15(14-12(9)11)10-4-2-1-3-5-10/h1-6,11H,7-8H2,(H,16,17). The van der Waals surface area contributed by atoms with Crippen LogP contribution in [0.4, 0.5) is 0 Å². The molecule has 0 bridgehead atoms. The first-order valence-electron chi connectivity index (χ1n) is 5.70. The van der Waals surface area contributed by atoms with E-state index in [0.717, 1.165) is 11.3 Å². The van der Waals surface area contributed by atoms with E-state index in [0.29, 0.717) is 12.3 Å². The molecule has 1 unspecified atom stereocenters. The number of aromatic nitrogens is 2. The smallest absolute Gasteiger partial charge is 0.315 e. The number of para-hydroxylation sites is 1. The number of benzene rings is 1. The number of fused-ring (bicyclic) bond motifs is 1. The Labute approximate surface area is 104 Å². The fourth-order valence-electron chi connectivity index (χ4n) is 2.09. The molecule has 0 amide bonds. The Bertz CT molecular complexity index is 577. The Morgan fingerprint density at radius 2 is 2.17 bits per heavy atom. The van der Waals surface area contributed by atoms with Crippen LogP contribution in [-0.4, -0.2) is 27.5 Å². The lowest BCUT2D eigenvalue weighted by atomic mass is 10.0. The van der Waals surface area contributed by atoms with Crippen molar-refractivity contribution >= 4 is 5.97 Å². The second-order valence-electron chi connectivity index (χ2n) is 4.23. The number of carboxylic acid groups (broad SMARTS) is 1. The van der Waals surface area contributed by atoms with Crippen molar-refractivity contribution in [1.82, 2.24) is 9.78 Å². The highest BCUT2D eigenvalue weighted by Crippen LogP contribution is 2.26. The van der Waals surface area contributed by atoms with E-state index in [1.807, 2.05) is 36.5 Å². The molecule has 1 aliphatic rings. The van der Waals surface area contributed by atoms with Crippen LogP contribution in [0.3, 0.4) is 0 Å². The third-order valence-electron chi connectivity index (χ3n) is 3.01. The SMILES string of the molecule is O=C(O)C1COCc2cn(-c3ccccc3)nc21. The third-order valence-corrected chi connectivity index (χ3v) is 3.01. The zero-order valence-electron chi connectivity index (χ0n) is 9.61. The zero-order valence-corrected chi connectivity index (χ0v) is 9.61. The summed E-state index contributed by atoms with van der Waals surface area (Å²) in [4.78, 5) is 11.1. The van der Waals surface area contributed by atoms with Gasteiger partial charge in [-0.3, -0.25) is 4.79 Å². The Morgan fingerprint density at radius 3 is 2.89 bits per heavy atom. The number of ether oxygens (including phenoxy) is 1. The first kappa shape index (κ1) is 11.0. The maximum absolute atomic E-state index is 11.1. The summed E-state index contributed by atoms with van der Waals surface area (Å²) in [5, 5.41) is 13.5. The van der Waals surface area contributed by atoms with Crippen LogP contribution in [0.1, 0.15) is 17.2 Å². The van der Waals surface area contributed by atoms with Gasteiger partial charge in [0.2, 0.25) is 0 Å². The molecule has 0 saturated carbocycles.